The number of nitrogens with zero attached hydrogens (tertiary/aromatic N) is 1. The maximum Gasteiger partial charge on any atom is 0.255 e. The van der Waals surface area contributed by atoms with Gasteiger partial charge in [0.25, 0.3) is 5.91 Å². The van der Waals surface area contributed by atoms with Crippen molar-refractivity contribution in [1.29, 1.82) is 0 Å². The second-order valence-corrected chi connectivity index (χ2v) is 4.43. The number of carbonyl (C=O) groups is 1. The lowest BCUT2D eigenvalue weighted by Gasteiger charge is -2.27. The molecule has 18 heavy (non-hydrogen) atoms. The molecule has 0 saturated carbocycles. The maximum absolute atomic E-state index is 10.6. The van der Waals surface area contributed by atoms with E-state index in [1.54, 1.807) is 0 Å². The first-order valence-electron chi connectivity index (χ1n) is 6.17. The lowest BCUT2D eigenvalue weighted by atomic mass is 10.2. The van der Waals surface area contributed by atoms with Gasteiger partial charge in [-0.3, -0.25) is 9.69 Å². The Labute approximate surface area is 107 Å². The van der Waals surface area contributed by atoms with Crippen LogP contribution in [0.5, 0.6) is 5.75 Å². The van der Waals surface area contributed by atoms with E-state index in [9.17, 15) is 4.79 Å². The van der Waals surface area contributed by atoms with Gasteiger partial charge < -0.3 is 15.8 Å². The summed E-state index contributed by atoms with van der Waals surface area (Å²) in [5.74, 6) is 0.220. The number of hydrogen-bond acceptors (Lipinski definition) is 4. The minimum atomic E-state index is -0.458. The summed E-state index contributed by atoms with van der Waals surface area (Å²) in [5.41, 5.74) is 6.27. The molecule has 0 atom stereocenters. The molecule has 5 heteroatoms. The number of carbonyl (C=O) groups excluding carboxylic acids is 1. The zero-order valence-electron chi connectivity index (χ0n) is 10.4. The Morgan fingerprint density at radius 3 is 2.56 bits per heavy atom. The number of benzene rings is 1. The van der Waals surface area contributed by atoms with Crippen LogP contribution in [0.25, 0.3) is 0 Å². The smallest absolute Gasteiger partial charge is 0.255 e. The van der Waals surface area contributed by atoms with Gasteiger partial charge in [0.05, 0.1) is 0 Å². The van der Waals surface area contributed by atoms with Crippen LogP contribution >= 0.6 is 0 Å². The molecule has 3 N–H and O–H groups in total. The van der Waals surface area contributed by atoms with Gasteiger partial charge in [-0.05, 0) is 17.7 Å². The number of primary amides is 1. The van der Waals surface area contributed by atoms with Crippen LogP contribution in [0.15, 0.2) is 24.3 Å². The van der Waals surface area contributed by atoms with Crippen molar-refractivity contribution in [2.75, 3.05) is 32.8 Å². The molecule has 1 aromatic rings. The second kappa shape index (κ2) is 6.37. The van der Waals surface area contributed by atoms with Crippen molar-refractivity contribution in [2.45, 2.75) is 6.54 Å². The normalized spacial score (nSPS) is 16.4. The lowest BCUT2D eigenvalue weighted by molar-refractivity contribution is -0.119. The van der Waals surface area contributed by atoms with Gasteiger partial charge in [0, 0.05) is 32.7 Å². The molecule has 0 unspecified atom stereocenters. The molecule has 0 radical (unpaired) electrons. The van der Waals surface area contributed by atoms with Crippen molar-refractivity contribution in [3.63, 3.8) is 0 Å². The standard InChI is InChI=1S/C13H19N3O2/c14-13(17)10-18-12-3-1-11(2-4-12)9-16-7-5-15-6-8-16/h1-4,15H,5-10H2,(H2,14,17). The molecule has 1 heterocycles. The first kappa shape index (κ1) is 12.9. The highest BCUT2D eigenvalue weighted by Crippen LogP contribution is 2.13. The van der Waals surface area contributed by atoms with E-state index in [0.29, 0.717) is 5.75 Å². The average Bonchev–Trinajstić information content (AvgIpc) is 2.39. The summed E-state index contributed by atoms with van der Waals surface area (Å²) in [6.07, 6.45) is 0. The van der Waals surface area contributed by atoms with Gasteiger partial charge in [-0.1, -0.05) is 12.1 Å². The molecule has 0 aromatic heterocycles. The predicted molar refractivity (Wildman–Crippen MR) is 69.3 cm³/mol. The maximum atomic E-state index is 10.6. The third-order valence-corrected chi connectivity index (χ3v) is 2.92. The van der Waals surface area contributed by atoms with E-state index in [0.717, 1.165) is 32.7 Å². The van der Waals surface area contributed by atoms with Crippen LogP contribution in [-0.2, 0) is 11.3 Å². The van der Waals surface area contributed by atoms with Crippen LogP contribution in [-0.4, -0.2) is 43.6 Å². The van der Waals surface area contributed by atoms with Crippen molar-refractivity contribution >= 4 is 5.91 Å². The van der Waals surface area contributed by atoms with Crippen LogP contribution in [0.3, 0.4) is 0 Å². The molecule has 98 valence electrons. The van der Waals surface area contributed by atoms with Crippen LogP contribution in [0.1, 0.15) is 5.56 Å². The van der Waals surface area contributed by atoms with Crippen LogP contribution in [0, 0.1) is 0 Å². The fraction of sp³-hybridized carbons (Fsp3) is 0.462. The van der Waals surface area contributed by atoms with Gasteiger partial charge in [-0.2, -0.15) is 0 Å². The Balaban J connectivity index is 1.84. The molecule has 1 aromatic carbocycles. The first-order chi connectivity index (χ1) is 8.74. The lowest BCUT2D eigenvalue weighted by Crippen LogP contribution is -2.42. The first-order valence-corrected chi connectivity index (χ1v) is 6.17. The number of nitrogens with one attached hydrogen (secondary N) is 1. The zero-order chi connectivity index (χ0) is 12.8. The Morgan fingerprint density at radius 2 is 1.94 bits per heavy atom. The Kier molecular flexibility index (Phi) is 4.55. The Morgan fingerprint density at radius 1 is 1.28 bits per heavy atom. The number of amides is 1. The number of piperazine rings is 1. The largest absolute Gasteiger partial charge is 0.484 e. The topological polar surface area (TPSA) is 67.6 Å². The number of rotatable bonds is 5. The number of hydrogen-bond donors (Lipinski definition) is 2. The summed E-state index contributed by atoms with van der Waals surface area (Å²) in [6.45, 7) is 5.16. The van der Waals surface area contributed by atoms with Crippen molar-refractivity contribution in [3.8, 4) is 5.75 Å². The van der Waals surface area contributed by atoms with Crippen LogP contribution < -0.4 is 15.8 Å². The van der Waals surface area contributed by atoms with E-state index in [4.69, 9.17) is 10.5 Å². The number of nitrogens with two attached hydrogens (primary N) is 1. The van der Waals surface area contributed by atoms with E-state index >= 15 is 0 Å². The summed E-state index contributed by atoms with van der Waals surface area (Å²) in [6, 6.07) is 7.80. The van der Waals surface area contributed by atoms with E-state index in [1.165, 1.54) is 5.56 Å². The molecule has 1 aliphatic rings. The highest BCUT2D eigenvalue weighted by Gasteiger charge is 2.09. The van der Waals surface area contributed by atoms with Gasteiger partial charge in [-0.25, -0.2) is 0 Å². The SMILES string of the molecule is NC(=O)COc1ccc(CN2CCNCC2)cc1. The van der Waals surface area contributed by atoms with E-state index in [-0.39, 0.29) is 6.61 Å². The molecule has 1 fully saturated rings. The van der Waals surface area contributed by atoms with Crippen molar-refractivity contribution < 1.29 is 9.53 Å². The summed E-state index contributed by atoms with van der Waals surface area (Å²) >= 11 is 0. The number of ether oxygens (including phenoxy) is 1. The summed E-state index contributed by atoms with van der Waals surface area (Å²) in [5, 5.41) is 3.33. The third kappa shape index (κ3) is 4.01. The molecule has 5 nitrogen and oxygen atoms in total. The monoisotopic (exact) mass is 249 g/mol. The fourth-order valence-corrected chi connectivity index (χ4v) is 1.97. The molecule has 0 spiro atoms. The zero-order valence-corrected chi connectivity index (χ0v) is 10.4. The minimum Gasteiger partial charge on any atom is -0.484 e. The summed E-state index contributed by atoms with van der Waals surface area (Å²) < 4.78 is 5.21. The fourth-order valence-electron chi connectivity index (χ4n) is 1.97. The van der Waals surface area contributed by atoms with Gasteiger partial charge >= 0.3 is 0 Å². The highest BCUT2D eigenvalue weighted by atomic mass is 16.5. The van der Waals surface area contributed by atoms with Crippen molar-refractivity contribution in [2.24, 2.45) is 5.73 Å². The van der Waals surface area contributed by atoms with Gasteiger partial charge in [0.2, 0.25) is 0 Å². The molecule has 1 aliphatic heterocycles. The average molecular weight is 249 g/mol. The van der Waals surface area contributed by atoms with Crippen LogP contribution in [0.2, 0.25) is 0 Å². The predicted octanol–water partition coefficient (Wildman–Crippen LogP) is -0.0441. The molecule has 0 bridgehead atoms. The van der Waals surface area contributed by atoms with Gasteiger partial charge in [-0.15, -0.1) is 0 Å². The molecular weight excluding hydrogens is 230 g/mol. The van der Waals surface area contributed by atoms with Gasteiger partial charge in [0.15, 0.2) is 6.61 Å². The Hall–Kier alpha value is -1.59. The van der Waals surface area contributed by atoms with Crippen molar-refractivity contribution in [1.82, 2.24) is 10.2 Å². The quantitative estimate of drug-likeness (QED) is 0.768. The summed E-state index contributed by atoms with van der Waals surface area (Å²) in [4.78, 5) is 13.0. The molecular formula is C13H19N3O2. The second-order valence-electron chi connectivity index (χ2n) is 4.43. The Bertz CT molecular complexity index is 386. The molecule has 1 amide bonds. The minimum absolute atomic E-state index is 0.0723. The van der Waals surface area contributed by atoms with Crippen LogP contribution in [0.4, 0.5) is 0 Å². The molecule has 0 aliphatic carbocycles. The molecule has 2 rings (SSSR count). The third-order valence-electron chi connectivity index (χ3n) is 2.92. The molecule has 1 saturated heterocycles. The highest BCUT2D eigenvalue weighted by molar-refractivity contribution is 5.75. The van der Waals surface area contributed by atoms with Crippen molar-refractivity contribution in [3.05, 3.63) is 29.8 Å². The van der Waals surface area contributed by atoms with E-state index in [1.807, 2.05) is 24.3 Å². The summed E-state index contributed by atoms with van der Waals surface area (Å²) in [7, 11) is 0. The van der Waals surface area contributed by atoms with Gasteiger partial charge in [0.1, 0.15) is 5.75 Å². The van der Waals surface area contributed by atoms with E-state index < -0.39 is 5.91 Å². The van der Waals surface area contributed by atoms with E-state index in [2.05, 4.69) is 10.2 Å².